The highest BCUT2D eigenvalue weighted by Crippen LogP contribution is 2.60. The molecule has 7 rings (SSSR count). The molecule has 0 radical (unpaired) electrons. The maximum Gasteiger partial charge on any atom is 0.231 e. The summed E-state index contributed by atoms with van der Waals surface area (Å²) in [6.07, 6.45) is 10.5. The second kappa shape index (κ2) is 7.04. The summed E-state index contributed by atoms with van der Waals surface area (Å²) in [4.78, 5) is 4.73. The van der Waals surface area contributed by atoms with E-state index in [2.05, 4.69) is 24.3 Å². The molecule has 30 heavy (non-hydrogen) atoms. The van der Waals surface area contributed by atoms with Gasteiger partial charge >= 0.3 is 0 Å². The lowest BCUT2D eigenvalue weighted by atomic mass is 9.48. The Morgan fingerprint density at radius 1 is 0.967 bits per heavy atom. The largest absolute Gasteiger partial charge is 0.493 e. The van der Waals surface area contributed by atoms with Crippen molar-refractivity contribution in [3.63, 3.8) is 0 Å². The predicted molar refractivity (Wildman–Crippen MR) is 117 cm³/mol. The summed E-state index contributed by atoms with van der Waals surface area (Å²) in [5, 5.41) is 0. The highest BCUT2D eigenvalue weighted by Gasteiger charge is 2.51. The molecule has 156 valence electrons. The Morgan fingerprint density at radius 2 is 1.60 bits per heavy atom. The number of hydrogen-bond acceptors (Lipinski definition) is 4. The van der Waals surface area contributed by atoms with E-state index in [-0.39, 0.29) is 6.79 Å². The van der Waals surface area contributed by atoms with Crippen molar-refractivity contribution in [2.45, 2.75) is 50.9 Å². The summed E-state index contributed by atoms with van der Waals surface area (Å²) >= 11 is 0. The fourth-order valence-electron chi connectivity index (χ4n) is 6.83. The van der Waals surface area contributed by atoms with Crippen LogP contribution in [0.15, 0.2) is 41.4 Å². The first-order valence-electron chi connectivity index (χ1n) is 11.4. The van der Waals surface area contributed by atoms with E-state index in [1.54, 1.807) is 5.56 Å². The van der Waals surface area contributed by atoms with Gasteiger partial charge in [-0.25, -0.2) is 0 Å². The minimum atomic E-state index is 0.257. The zero-order valence-corrected chi connectivity index (χ0v) is 17.6. The maximum atomic E-state index is 5.78. The quantitative estimate of drug-likeness (QED) is 0.572. The van der Waals surface area contributed by atoms with Crippen LogP contribution < -0.4 is 14.2 Å². The SMILES string of the molecule is CCOc1cc2c(cc1C=Nc1ccc(C34CC5CC(CC(C5)C3)C4)cc1)OCO2. The lowest BCUT2D eigenvalue weighted by Gasteiger charge is -2.57. The number of fused-ring (bicyclic) bond motifs is 1. The molecular weight excluding hydrogens is 374 g/mol. The lowest BCUT2D eigenvalue weighted by molar-refractivity contribution is -0.00518. The van der Waals surface area contributed by atoms with Gasteiger partial charge in [-0.2, -0.15) is 0 Å². The second-order valence-corrected chi connectivity index (χ2v) is 9.68. The van der Waals surface area contributed by atoms with Gasteiger partial charge in [0.25, 0.3) is 0 Å². The highest BCUT2D eigenvalue weighted by atomic mass is 16.7. The second-order valence-electron chi connectivity index (χ2n) is 9.68. The zero-order chi connectivity index (χ0) is 20.1. The van der Waals surface area contributed by atoms with Crippen molar-refractivity contribution in [2.75, 3.05) is 13.4 Å². The molecule has 4 aliphatic carbocycles. The number of nitrogens with zero attached hydrogens (tertiary/aromatic N) is 1. The monoisotopic (exact) mass is 403 g/mol. The third-order valence-corrected chi connectivity index (χ3v) is 7.68. The smallest absolute Gasteiger partial charge is 0.231 e. The molecule has 0 amide bonds. The molecule has 0 unspecified atom stereocenters. The van der Waals surface area contributed by atoms with Crippen LogP contribution in [0.3, 0.4) is 0 Å². The highest BCUT2D eigenvalue weighted by molar-refractivity contribution is 5.87. The molecule has 1 heterocycles. The Balaban J connectivity index is 1.24. The standard InChI is InChI=1S/C26H29NO3/c1-2-28-23-11-25-24(29-16-30-25)10-20(23)15-27-22-5-3-21(4-6-22)26-12-17-7-18(13-26)9-19(8-17)14-26/h3-6,10-11,15,17-19H,2,7-9,12-14,16H2,1H3. The molecule has 4 saturated carbocycles. The van der Waals surface area contributed by atoms with Gasteiger partial charge < -0.3 is 14.2 Å². The van der Waals surface area contributed by atoms with Crippen LogP contribution in [-0.2, 0) is 5.41 Å². The van der Waals surface area contributed by atoms with E-state index >= 15 is 0 Å². The van der Waals surface area contributed by atoms with Gasteiger partial charge in [0.1, 0.15) is 5.75 Å². The van der Waals surface area contributed by atoms with Crippen molar-refractivity contribution in [1.82, 2.24) is 0 Å². The molecule has 0 atom stereocenters. The van der Waals surface area contributed by atoms with Crippen LogP contribution in [0.5, 0.6) is 17.2 Å². The van der Waals surface area contributed by atoms with Crippen LogP contribution in [0.4, 0.5) is 5.69 Å². The first-order chi connectivity index (χ1) is 14.7. The Morgan fingerprint density at radius 3 is 2.23 bits per heavy atom. The van der Waals surface area contributed by atoms with Crippen molar-refractivity contribution < 1.29 is 14.2 Å². The molecule has 2 aromatic rings. The molecule has 4 bridgehead atoms. The summed E-state index contributed by atoms with van der Waals surface area (Å²) < 4.78 is 16.8. The molecule has 4 nitrogen and oxygen atoms in total. The average Bonchev–Trinajstić information content (AvgIpc) is 3.19. The van der Waals surface area contributed by atoms with E-state index in [1.165, 1.54) is 38.5 Å². The van der Waals surface area contributed by atoms with Crippen molar-refractivity contribution in [2.24, 2.45) is 22.7 Å². The van der Waals surface area contributed by atoms with Crippen LogP contribution in [0.25, 0.3) is 0 Å². The van der Waals surface area contributed by atoms with Gasteiger partial charge in [0, 0.05) is 17.8 Å². The van der Waals surface area contributed by atoms with E-state index in [4.69, 9.17) is 19.2 Å². The van der Waals surface area contributed by atoms with Gasteiger partial charge in [0.05, 0.1) is 12.3 Å². The maximum absolute atomic E-state index is 5.78. The Labute approximate surface area is 178 Å². The number of benzene rings is 2. The summed E-state index contributed by atoms with van der Waals surface area (Å²) in [5.74, 6) is 5.16. The molecule has 5 aliphatic rings. The van der Waals surface area contributed by atoms with Gasteiger partial charge in [0.15, 0.2) is 11.5 Å². The number of rotatable bonds is 5. The van der Waals surface area contributed by atoms with Gasteiger partial charge in [-0.3, -0.25) is 4.99 Å². The van der Waals surface area contributed by atoms with Crippen LogP contribution in [0, 0.1) is 17.8 Å². The normalized spacial score (nSPS) is 30.9. The zero-order valence-electron chi connectivity index (χ0n) is 17.6. The lowest BCUT2D eigenvalue weighted by Crippen LogP contribution is -2.48. The molecule has 0 saturated heterocycles. The Bertz CT molecular complexity index is 943. The fraction of sp³-hybridized carbons (Fsp3) is 0.500. The third kappa shape index (κ3) is 3.08. The van der Waals surface area contributed by atoms with Crippen LogP contribution in [-0.4, -0.2) is 19.6 Å². The first-order valence-corrected chi connectivity index (χ1v) is 11.4. The molecule has 0 aromatic heterocycles. The van der Waals surface area contributed by atoms with Gasteiger partial charge in [-0.1, -0.05) is 12.1 Å². The minimum absolute atomic E-state index is 0.257. The van der Waals surface area contributed by atoms with E-state index in [0.29, 0.717) is 12.0 Å². The fourth-order valence-corrected chi connectivity index (χ4v) is 6.83. The van der Waals surface area contributed by atoms with Gasteiger partial charge in [0.2, 0.25) is 6.79 Å². The topological polar surface area (TPSA) is 40.0 Å². The third-order valence-electron chi connectivity index (χ3n) is 7.68. The summed E-state index contributed by atoms with van der Waals surface area (Å²) in [7, 11) is 0. The van der Waals surface area contributed by atoms with Crippen molar-refractivity contribution in [1.29, 1.82) is 0 Å². The molecule has 2 aromatic carbocycles. The molecule has 4 heteroatoms. The molecule has 0 spiro atoms. The van der Waals surface area contributed by atoms with Crippen LogP contribution in [0.1, 0.15) is 56.6 Å². The van der Waals surface area contributed by atoms with Crippen LogP contribution in [0.2, 0.25) is 0 Å². The Hall–Kier alpha value is -2.49. The van der Waals surface area contributed by atoms with E-state index in [0.717, 1.165) is 46.3 Å². The van der Waals surface area contributed by atoms with Crippen LogP contribution >= 0.6 is 0 Å². The van der Waals surface area contributed by atoms with Crippen molar-refractivity contribution in [3.8, 4) is 17.2 Å². The van der Waals surface area contributed by atoms with Crippen molar-refractivity contribution >= 4 is 11.9 Å². The molecule has 4 fully saturated rings. The first kappa shape index (κ1) is 18.3. The van der Waals surface area contributed by atoms with E-state index in [1.807, 2.05) is 25.3 Å². The molecule has 0 N–H and O–H groups in total. The molecule has 1 aliphatic heterocycles. The van der Waals surface area contributed by atoms with Gasteiger partial charge in [-0.15, -0.1) is 0 Å². The number of ether oxygens (including phenoxy) is 3. The minimum Gasteiger partial charge on any atom is -0.493 e. The average molecular weight is 404 g/mol. The van der Waals surface area contributed by atoms with Gasteiger partial charge in [-0.05, 0) is 92.4 Å². The number of hydrogen-bond donors (Lipinski definition) is 0. The molecular formula is C26H29NO3. The predicted octanol–water partition coefficient (Wildman–Crippen LogP) is 6.03. The number of aliphatic imine (C=N–C) groups is 1. The van der Waals surface area contributed by atoms with Crippen molar-refractivity contribution in [3.05, 3.63) is 47.5 Å². The van der Waals surface area contributed by atoms with E-state index in [9.17, 15) is 0 Å². The summed E-state index contributed by atoms with van der Waals surface area (Å²) in [5.41, 5.74) is 3.87. The Kier molecular flexibility index (Phi) is 4.29. The summed E-state index contributed by atoms with van der Waals surface area (Å²) in [6, 6.07) is 12.9. The summed E-state index contributed by atoms with van der Waals surface area (Å²) in [6.45, 7) is 2.84. The van der Waals surface area contributed by atoms with E-state index < -0.39 is 0 Å².